The number of carbonyl (C=O) groups excluding carboxylic acids is 2. The van der Waals surface area contributed by atoms with Gasteiger partial charge in [0, 0.05) is 28.7 Å². The Morgan fingerprint density at radius 3 is 2.64 bits per heavy atom. The van der Waals surface area contributed by atoms with Crippen molar-refractivity contribution < 1.29 is 22.8 Å². The van der Waals surface area contributed by atoms with Gasteiger partial charge in [-0.2, -0.15) is 13.2 Å². The molecule has 0 spiro atoms. The van der Waals surface area contributed by atoms with Crippen LogP contribution in [0.5, 0.6) is 0 Å². The van der Waals surface area contributed by atoms with E-state index in [1.54, 1.807) is 24.3 Å². The Kier molecular flexibility index (Phi) is 4.88. The molecule has 3 atom stereocenters. The first-order valence-electron chi connectivity index (χ1n) is 8.95. The van der Waals surface area contributed by atoms with Crippen molar-refractivity contribution >= 4 is 28.8 Å². The standard InChI is InChI=1S/C19H18F3N3O2S/c20-19(21,22)18(27)24-11-3-1-2-10(8-11)15-6-7-16(28-15)17(26)25-14-9-12-4-5-13(14)23-12/h1-3,6-8,12-14,23H,4-5,9H2,(H,24,27)(H,25,26)/t12-,13+,14-/m1/s1. The van der Waals surface area contributed by atoms with E-state index in [1.165, 1.54) is 23.5 Å². The zero-order valence-electron chi connectivity index (χ0n) is 14.7. The molecule has 2 saturated heterocycles. The third kappa shape index (κ3) is 3.90. The van der Waals surface area contributed by atoms with Crippen LogP contribution >= 0.6 is 11.3 Å². The SMILES string of the molecule is O=C(N[C@@H]1C[C@H]2CC[C@@H]1N2)c1ccc(-c2cccc(NC(=O)C(F)(F)F)c2)s1. The van der Waals surface area contributed by atoms with E-state index in [4.69, 9.17) is 0 Å². The van der Waals surface area contributed by atoms with Crippen molar-refractivity contribution in [3.05, 3.63) is 41.3 Å². The van der Waals surface area contributed by atoms with Gasteiger partial charge in [0.15, 0.2) is 0 Å². The first kappa shape index (κ1) is 18.9. The van der Waals surface area contributed by atoms with E-state index in [9.17, 15) is 22.8 Å². The predicted octanol–water partition coefficient (Wildman–Crippen LogP) is 3.54. The van der Waals surface area contributed by atoms with Crippen molar-refractivity contribution in [3.63, 3.8) is 0 Å². The molecule has 2 aromatic rings. The van der Waals surface area contributed by atoms with Crippen LogP contribution < -0.4 is 16.0 Å². The lowest BCUT2D eigenvalue weighted by Crippen LogP contribution is -2.42. The molecule has 2 bridgehead atoms. The molecule has 9 heteroatoms. The zero-order chi connectivity index (χ0) is 19.9. The Labute approximate surface area is 163 Å². The summed E-state index contributed by atoms with van der Waals surface area (Å²) in [5, 5.41) is 8.38. The second kappa shape index (κ2) is 7.21. The third-order valence-electron chi connectivity index (χ3n) is 5.11. The second-order valence-electron chi connectivity index (χ2n) is 7.06. The molecule has 0 aliphatic carbocycles. The van der Waals surface area contributed by atoms with Crippen molar-refractivity contribution in [2.75, 3.05) is 5.32 Å². The van der Waals surface area contributed by atoms with Crippen molar-refractivity contribution in [2.45, 2.75) is 43.6 Å². The summed E-state index contributed by atoms with van der Waals surface area (Å²) in [6.07, 6.45) is -1.78. The molecule has 0 unspecified atom stereocenters. The average Bonchev–Trinajstić information content (AvgIpc) is 3.38. The Balaban J connectivity index is 1.44. The van der Waals surface area contributed by atoms with Crippen molar-refractivity contribution in [1.29, 1.82) is 0 Å². The van der Waals surface area contributed by atoms with Gasteiger partial charge in [-0.1, -0.05) is 12.1 Å². The van der Waals surface area contributed by atoms with Crippen LogP contribution in [0.15, 0.2) is 36.4 Å². The molecular weight excluding hydrogens is 391 g/mol. The summed E-state index contributed by atoms with van der Waals surface area (Å²) in [5.74, 6) is -2.16. The molecule has 3 heterocycles. The molecule has 5 nitrogen and oxygen atoms in total. The maximum Gasteiger partial charge on any atom is 0.471 e. The average molecular weight is 409 g/mol. The number of carbonyl (C=O) groups is 2. The Morgan fingerprint density at radius 1 is 1.14 bits per heavy atom. The van der Waals surface area contributed by atoms with E-state index in [0.29, 0.717) is 22.5 Å². The van der Waals surface area contributed by atoms with Gasteiger partial charge in [0.1, 0.15) is 0 Å². The Morgan fingerprint density at radius 2 is 1.96 bits per heavy atom. The smallest absolute Gasteiger partial charge is 0.347 e. The Hall–Kier alpha value is -2.39. The molecule has 3 N–H and O–H groups in total. The normalized spacial score (nSPS) is 23.6. The van der Waals surface area contributed by atoms with E-state index >= 15 is 0 Å². The minimum atomic E-state index is -4.95. The van der Waals surface area contributed by atoms with E-state index in [0.717, 1.165) is 24.1 Å². The van der Waals surface area contributed by atoms with Crippen LogP contribution in [0.1, 0.15) is 28.9 Å². The van der Waals surface area contributed by atoms with E-state index < -0.39 is 12.1 Å². The van der Waals surface area contributed by atoms with Gasteiger partial charge in [0.05, 0.1) is 4.88 Å². The number of benzene rings is 1. The number of amides is 2. The molecule has 1 aromatic carbocycles. The van der Waals surface area contributed by atoms with Gasteiger partial charge in [-0.25, -0.2) is 0 Å². The summed E-state index contributed by atoms with van der Waals surface area (Å²) < 4.78 is 37.2. The van der Waals surface area contributed by atoms with Gasteiger partial charge in [0.25, 0.3) is 5.91 Å². The first-order valence-corrected chi connectivity index (χ1v) is 9.76. The lowest BCUT2D eigenvalue weighted by Gasteiger charge is -2.20. The maximum absolute atomic E-state index is 12.5. The molecule has 1 aromatic heterocycles. The van der Waals surface area contributed by atoms with Gasteiger partial charge in [0.2, 0.25) is 0 Å². The van der Waals surface area contributed by atoms with E-state index in [1.807, 2.05) is 5.32 Å². The highest BCUT2D eigenvalue weighted by molar-refractivity contribution is 7.17. The molecule has 4 rings (SSSR count). The fourth-order valence-corrected chi connectivity index (χ4v) is 4.70. The van der Waals surface area contributed by atoms with Gasteiger partial charge in [-0.15, -0.1) is 11.3 Å². The number of hydrogen-bond donors (Lipinski definition) is 3. The number of fused-ring (bicyclic) bond motifs is 2. The highest BCUT2D eigenvalue weighted by Gasteiger charge is 2.40. The fourth-order valence-electron chi connectivity index (χ4n) is 3.79. The van der Waals surface area contributed by atoms with Gasteiger partial charge < -0.3 is 16.0 Å². The quantitative estimate of drug-likeness (QED) is 0.724. The number of halogens is 3. The monoisotopic (exact) mass is 409 g/mol. The molecule has 2 aliphatic rings. The number of nitrogens with one attached hydrogen (secondary N) is 3. The van der Waals surface area contributed by atoms with Crippen molar-refractivity contribution in [3.8, 4) is 10.4 Å². The van der Waals surface area contributed by atoms with E-state index in [2.05, 4.69) is 10.6 Å². The van der Waals surface area contributed by atoms with Crippen molar-refractivity contribution in [2.24, 2.45) is 0 Å². The minimum absolute atomic E-state index is 0.0484. The lowest BCUT2D eigenvalue weighted by atomic mass is 9.95. The summed E-state index contributed by atoms with van der Waals surface area (Å²) in [6, 6.07) is 10.5. The lowest BCUT2D eigenvalue weighted by molar-refractivity contribution is -0.167. The molecule has 2 amide bonds. The predicted molar refractivity (Wildman–Crippen MR) is 100 cm³/mol. The largest absolute Gasteiger partial charge is 0.471 e. The number of thiophene rings is 1. The summed E-state index contributed by atoms with van der Waals surface area (Å²) in [7, 11) is 0. The Bertz CT molecular complexity index is 912. The minimum Gasteiger partial charge on any atom is -0.347 e. The maximum atomic E-state index is 12.5. The molecule has 0 radical (unpaired) electrons. The summed E-state index contributed by atoms with van der Waals surface area (Å²) in [6.45, 7) is 0. The van der Waals surface area contributed by atoms with Crippen LogP contribution in [-0.4, -0.2) is 36.1 Å². The zero-order valence-corrected chi connectivity index (χ0v) is 15.5. The highest BCUT2D eigenvalue weighted by Crippen LogP contribution is 2.32. The number of rotatable bonds is 4. The van der Waals surface area contributed by atoms with E-state index in [-0.39, 0.29) is 17.6 Å². The molecule has 0 saturated carbocycles. The number of alkyl halides is 3. The summed E-state index contributed by atoms with van der Waals surface area (Å²) >= 11 is 1.26. The third-order valence-corrected chi connectivity index (χ3v) is 6.24. The number of hydrogen-bond acceptors (Lipinski definition) is 4. The first-order chi connectivity index (χ1) is 13.3. The fraction of sp³-hybridized carbons (Fsp3) is 0.368. The molecule has 28 heavy (non-hydrogen) atoms. The highest BCUT2D eigenvalue weighted by atomic mass is 32.1. The molecular formula is C19H18F3N3O2S. The molecule has 2 aliphatic heterocycles. The van der Waals surface area contributed by atoms with Crippen LogP contribution in [-0.2, 0) is 4.79 Å². The van der Waals surface area contributed by atoms with Crippen LogP contribution in [0.4, 0.5) is 18.9 Å². The van der Waals surface area contributed by atoms with Gasteiger partial charge in [-0.3, -0.25) is 9.59 Å². The second-order valence-corrected chi connectivity index (χ2v) is 8.14. The summed E-state index contributed by atoms with van der Waals surface area (Å²) in [4.78, 5) is 24.9. The van der Waals surface area contributed by atoms with Crippen LogP contribution in [0.25, 0.3) is 10.4 Å². The summed E-state index contributed by atoms with van der Waals surface area (Å²) in [5.41, 5.74) is 0.679. The molecule has 148 valence electrons. The van der Waals surface area contributed by atoms with Gasteiger partial charge >= 0.3 is 12.1 Å². The van der Waals surface area contributed by atoms with Crippen molar-refractivity contribution in [1.82, 2.24) is 10.6 Å². The number of anilines is 1. The van der Waals surface area contributed by atoms with Gasteiger partial charge in [-0.05, 0) is 49.1 Å². The van der Waals surface area contributed by atoms with Crippen LogP contribution in [0.2, 0.25) is 0 Å². The molecule has 2 fully saturated rings. The van der Waals surface area contributed by atoms with Crippen LogP contribution in [0.3, 0.4) is 0 Å². The van der Waals surface area contributed by atoms with Crippen LogP contribution in [0, 0.1) is 0 Å². The topological polar surface area (TPSA) is 70.2 Å².